The van der Waals surface area contributed by atoms with Crippen LogP contribution in [0.5, 0.6) is 0 Å². The van der Waals surface area contributed by atoms with E-state index >= 15 is 0 Å². The Balaban J connectivity index is 1.36. The molecular formula is C47H59N3O18S3-2. The largest absolute Gasteiger partial charge is 0.748 e. The molecule has 2 atom stereocenters. The minimum absolute atomic E-state index is 0.0184. The van der Waals surface area contributed by atoms with Crippen LogP contribution in [0.15, 0.2) is 94.4 Å². The maximum absolute atomic E-state index is 12.2. The number of nitrogens with zero attached hydrogens (tertiary/aromatic N) is 3. The lowest BCUT2D eigenvalue weighted by molar-refractivity contribution is -0.442. The summed E-state index contributed by atoms with van der Waals surface area (Å²) in [5, 5.41) is 0.469. The first-order valence-corrected chi connectivity index (χ1v) is 27.0. The molecule has 0 spiro atoms. The zero-order chi connectivity index (χ0) is 52.0. The van der Waals surface area contributed by atoms with Crippen molar-refractivity contribution < 1.29 is 86.4 Å². The summed E-state index contributed by atoms with van der Waals surface area (Å²) in [7, 11) is -11.2. The molecule has 390 valence electrons. The summed E-state index contributed by atoms with van der Waals surface area (Å²) in [6, 6.07) is 8.24. The molecule has 0 N–H and O–H groups in total. The Labute approximate surface area is 414 Å². The molecule has 71 heavy (non-hydrogen) atoms. The highest BCUT2D eigenvalue weighted by molar-refractivity contribution is 7.86. The number of allylic oxidation sites excluding steroid dienone is 8. The fourth-order valence-corrected chi connectivity index (χ4v) is 10.1. The molecule has 1 fully saturated rings. The van der Waals surface area contributed by atoms with Crippen molar-refractivity contribution in [1.82, 2.24) is 5.06 Å². The molecule has 21 nitrogen and oxygen atoms in total. The molecule has 3 aliphatic heterocycles. The first-order chi connectivity index (χ1) is 33.5. The minimum Gasteiger partial charge on any atom is -0.748 e. The van der Waals surface area contributed by atoms with Crippen LogP contribution in [0.2, 0.25) is 0 Å². The van der Waals surface area contributed by atoms with Crippen molar-refractivity contribution in [2.75, 3.05) is 90.8 Å². The second kappa shape index (κ2) is 25.1. The molecule has 24 heteroatoms. The molecule has 2 aromatic rings. The van der Waals surface area contributed by atoms with Gasteiger partial charge in [0.15, 0.2) is 12.3 Å². The fourth-order valence-electron chi connectivity index (χ4n) is 8.62. The molecule has 1 saturated heterocycles. The number of benzene rings is 2. The second-order valence-corrected chi connectivity index (χ2v) is 21.3. The summed E-state index contributed by atoms with van der Waals surface area (Å²) in [4.78, 5) is 41.4. The van der Waals surface area contributed by atoms with Gasteiger partial charge in [0, 0.05) is 80.5 Å². The first-order valence-electron chi connectivity index (χ1n) is 22.6. The van der Waals surface area contributed by atoms with E-state index in [1.807, 2.05) is 22.5 Å². The number of hydrogen-bond donors (Lipinski definition) is 0. The first kappa shape index (κ1) is 56.9. The zero-order valence-corrected chi connectivity index (χ0v) is 42.4. The summed E-state index contributed by atoms with van der Waals surface area (Å²) in [6.45, 7) is 5.85. The van der Waals surface area contributed by atoms with Crippen LogP contribution >= 0.6 is 0 Å². The lowest BCUT2D eigenvalue weighted by atomic mass is 9.76. The minimum atomic E-state index is -4.86. The highest BCUT2D eigenvalue weighted by Crippen LogP contribution is 2.51. The molecular weight excluding hydrogens is 991 g/mol. The number of ether oxygens (including phenoxy) is 5. The van der Waals surface area contributed by atoms with E-state index in [0.717, 1.165) is 5.70 Å². The van der Waals surface area contributed by atoms with Crippen molar-refractivity contribution in [2.24, 2.45) is 0 Å². The average Bonchev–Trinajstić information content (AvgIpc) is 3.83. The van der Waals surface area contributed by atoms with Crippen molar-refractivity contribution in [3.8, 4) is 0 Å². The number of carbonyl (C=O) groups is 3. The van der Waals surface area contributed by atoms with Crippen LogP contribution < -0.4 is 4.90 Å². The topological polar surface area (TPSA) is 288 Å². The highest BCUT2D eigenvalue weighted by Gasteiger charge is 2.48. The van der Waals surface area contributed by atoms with E-state index < -0.39 is 69.6 Å². The predicted octanol–water partition coefficient (Wildman–Crippen LogP) is 3.24. The maximum atomic E-state index is 12.2. The van der Waals surface area contributed by atoms with Crippen LogP contribution in [0.4, 0.5) is 11.4 Å². The van der Waals surface area contributed by atoms with Crippen LogP contribution in [0, 0.1) is 0 Å². The van der Waals surface area contributed by atoms with E-state index in [2.05, 4.69) is 0 Å². The molecule has 0 saturated carbocycles. The number of hydrogen-bond acceptors (Lipinski definition) is 19. The Hall–Kier alpha value is -4.99. The maximum Gasteiger partial charge on any atom is 0.335 e. The lowest BCUT2D eigenvalue weighted by Crippen LogP contribution is -2.32. The van der Waals surface area contributed by atoms with Gasteiger partial charge in [0.25, 0.3) is 11.8 Å². The summed E-state index contributed by atoms with van der Waals surface area (Å²) in [5.41, 5.74) is 1.81. The Morgan fingerprint density at radius 1 is 0.704 bits per heavy atom. The Bertz CT molecular complexity index is 2750. The normalized spacial score (nSPS) is 20.2. The van der Waals surface area contributed by atoms with E-state index in [0.29, 0.717) is 59.5 Å². The fraction of sp³-hybridized carbons (Fsp3) is 0.489. The SMILES string of the molecule is COCCOCC[N+]1=C(/C=C/C=C/C=C/C=C2/N(CCOCCOCCC(=O)ON3C(=O)CCC3=O)c3ccc(S(=O)(=O)[O-])cc3C2(C)CCOC)C(C)(CCCS(=O)(=O)[O-])c2cc(S(=O)(=O)[O-])ccc21. The number of hydroxylamine groups is 2. The standard InChI is InChI=1S/C47H61N3O18S3/c1-46(20-10-32-69(54,55)56)37-33-35(70(57,58)59)13-15-39(37)48(22-26-66-29-28-64-4)41(46)11-8-6-5-7-9-12-42-47(2,21-25-63-3)38-34-36(71(60,61)62)14-16-40(38)49(42)23-27-67-31-30-65-24-19-45(53)68-50-43(51)17-18-44(50)52/h5-9,11-16,33-34H,10,17-32H2,1-4H3,(H2-,54,55,56,57,58,59,60,61,62)/p-2. The van der Waals surface area contributed by atoms with E-state index in [4.69, 9.17) is 28.5 Å². The van der Waals surface area contributed by atoms with Crippen molar-refractivity contribution in [3.63, 3.8) is 0 Å². The van der Waals surface area contributed by atoms with Crippen LogP contribution in [0.1, 0.15) is 63.5 Å². The summed E-state index contributed by atoms with van der Waals surface area (Å²) >= 11 is 0. The summed E-state index contributed by atoms with van der Waals surface area (Å²) in [5.74, 6) is -2.61. The number of rotatable bonds is 29. The van der Waals surface area contributed by atoms with Gasteiger partial charge in [0.2, 0.25) is 5.69 Å². The van der Waals surface area contributed by atoms with Gasteiger partial charge in [-0.15, -0.1) is 5.06 Å². The van der Waals surface area contributed by atoms with Crippen molar-refractivity contribution in [2.45, 2.75) is 73.0 Å². The smallest absolute Gasteiger partial charge is 0.335 e. The Morgan fingerprint density at radius 3 is 1.94 bits per heavy atom. The monoisotopic (exact) mass is 1050 g/mol. The number of amides is 2. The average molecular weight is 1050 g/mol. The molecule has 3 heterocycles. The van der Waals surface area contributed by atoms with Gasteiger partial charge < -0.3 is 47.1 Å². The van der Waals surface area contributed by atoms with E-state index in [1.54, 1.807) is 49.4 Å². The quantitative estimate of drug-likeness (QED) is 0.0371. The summed E-state index contributed by atoms with van der Waals surface area (Å²) < 4.78 is 137. The number of carbonyl (C=O) groups excluding carboxylic acids is 3. The number of imide groups is 1. The van der Waals surface area contributed by atoms with Crippen molar-refractivity contribution in [3.05, 3.63) is 95.8 Å². The van der Waals surface area contributed by atoms with Gasteiger partial charge in [-0.05, 0) is 75.1 Å². The highest BCUT2D eigenvalue weighted by atomic mass is 32.2. The van der Waals surface area contributed by atoms with Crippen LogP contribution in [-0.2, 0) is 84.1 Å². The molecule has 0 aliphatic carbocycles. The number of anilines is 1. The molecule has 2 amide bonds. The van der Waals surface area contributed by atoms with Gasteiger partial charge >= 0.3 is 5.97 Å². The molecule has 3 aliphatic rings. The molecule has 0 bridgehead atoms. The van der Waals surface area contributed by atoms with Crippen molar-refractivity contribution in [1.29, 1.82) is 0 Å². The second-order valence-electron chi connectivity index (χ2n) is 17.0. The van der Waals surface area contributed by atoms with Crippen LogP contribution in [0.3, 0.4) is 0 Å². The third kappa shape index (κ3) is 15.0. The third-order valence-corrected chi connectivity index (χ3v) is 14.6. The van der Waals surface area contributed by atoms with Gasteiger partial charge in [0.05, 0.1) is 71.4 Å². The molecule has 0 radical (unpaired) electrons. The van der Waals surface area contributed by atoms with Crippen LogP contribution in [0.25, 0.3) is 0 Å². The van der Waals surface area contributed by atoms with Gasteiger partial charge in [-0.2, -0.15) is 4.58 Å². The van der Waals surface area contributed by atoms with E-state index in [9.17, 15) is 53.3 Å². The van der Waals surface area contributed by atoms with Crippen LogP contribution in [-0.4, -0.2) is 158 Å². The number of fused-ring (bicyclic) bond motifs is 2. The Kier molecular flexibility index (Phi) is 20.1. The van der Waals surface area contributed by atoms with Gasteiger partial charge in [-0.3, -0.25) is 9.59 Å². The van der Waals surface area contributed by atoms with Gasteiger partial charge in [-0.1, -0.05) is 30.4 Å². The zero-order valence-electron chi connectivity index (χ0n) is 39.9. The van der Waals surface area contributed by atoms with E-state index in [1.165, 1.54) is 44.6 Å². The number of methoxy groups -OCH3 is 2. The summed E-state index contributed by atoms with van der Waals surface area (Å²) in [6.07, 6.45) is 12.6. The molecule has 5 rings (SSSR count). The molecule has 2 unspecified atom stereocenters. The third-order valence-electron chi connectivity index (χ3n) is 12.2. The molecule has 0 aromatic heterocycles. The van der Waals surface area contributed by atoms with Gasteiger partial charge in [-0.25, -0.2) is 30.0 Å². The lowest BCUT2D eigenvalue weighted by Gasteiger charge is -2.30. The van der Waals surface area contributed by atoms with Gasteiger partial charge in [0.1, 0.15) is 26.8 Å². The van der Waals surface area contributed by atoms with Crippen molar-refractivity contribution >= 4 is 65.2 Å². The Morgan fingerprint density at radius 2 is 1.30 bits per heavy atom. The predicted molar refractivity (Wildman–Crippen MR) is 253 cm³/mol. The van der Waals surface area contributed by atoms with E-state index in [-0.39, 0.29) is 83.2 Å². The molecule has 2 aromatic carbocycles.